The van der Waals surface area contributed by atoms with Crippen molar-refractivity contribution in [1.82, 2.24) is 5.32 Å². The Bertz CT molecular complexity index is 193. The topological polar surface area (TPSA) is 49.3 Å². The van der Waals surface area contributed by atoms with E-state index < -0.39 is 0 Å². The predicted molar refractivity (Wildman–Crippen MR) is 51.2 cm³/mol. The van der Waals surface area contributed by atoms with Crippen molar-refractivity contribution in [1.29, 1.82) is 0 Å². The van der Waals surface area contributed by atoms with Gasteiger partial charge in [0.1, 0.15) is 0 Å². The summed E-state index contributed by atoms with van der Waals surface area (Å²) < 4.78 is 0. The van der Waals surface area contributed by atoms with Crippen molar-refractivity contribution in [2.75, 3.05) is 13.2 Å². The van der Waals surface area contributed by atoms with Gasteiger partial charge in [0.2, 0.25) is 5.91 Å². The first-order valence-electron chi connectivity index (χ1n) is 5.02. The molecule has 3 nitrogen and oxygen atoms in total. The zero-order chi connectivity index (χ0) is 9.90. The molecule has 1 amide bonds. The highest BCUT2D eigenvalue weighted by molar-refractivity contribution is 5.82. The molecule has 1 aliphatic heterocycles. The molecule has 0 aromatic heterocycles. The van der Waals surface area contributed by atoms with Gasteiger partial charge in [-0.1, -0.05) is 26.7 Å². The second kappa shape index (κ2) is 4.09. The first-order valence-corrected chi connectivity index (χ1v) is 5.02. The Morgan fingerprint density at radius 1 is 1.69 bits per heavy atom. The van der Waals surface area contributed by atoms with E-state index in [1.165, 1.54) is 0 Å². The summed E-state index contributed by atoms with van der Waals surface area (Å²) in [5.74, 6) is -0.180. The minimum atomic E-state index is -0.195. The van der Waals surface area contributed by atoms with Gasteiger partial charge in [-0.2, -0.15) is 0 Å². The largest absolute Gasteiger partial charge is 0.396 e. The molecule has 2 atom stereocenters. The predicted octanol–water partition coefficient (Wildman–Crippen LogP) is 0.921. The molecule has 1 heterocycles. The number of rotatable bonds is 4. The molecular formula is C10H19NO2. The van der Waals surface area contributed by atoms with Crippen LogP contribution in [0.25, 0.3) is 0 Å². The Morgan fingerprint density at radius 3 is 2.92 bits per heavy atom. The number of nitrogens with one attached hydrogen (secondary N) is 1. The van der Waals surface area contributed by atoms with Crippen LogP contribution in [-0.4, -0.2) is 24.2 Å². The molecule has 1 rings (SSSR count). The van der Waals surface area contributed by atoms with Crippen LogP contribution in [0.15, 0.2) is 0 Å². The lowest BCUT2D eigenvalue weighted by molar-refractivity contribution is -0.125. The van der Waals surface area contributed by atoms with Crippen LogP contribution < -0.4 is 5.32 Å². The minimum Gasteiger partial charge on any atom is -0.396 e. The summed E-state index contributed by atoms with van der Waals surface area (Å²) >= 11 is 0. The van der Waals surface area contributed by atoms with Crippen LogP contribution in [0.3, 0.4) is 0 Å². The molecule has 0 saturated carbocycles. The van der Waals surface area contributed by atoms with Crippen LogP contribution in [0.5, 0.6) is 0 Å². The monoisotopic (exact) mass is 185 g/mol. The van der Waals surface area contributed by atoms with Crippen LogP contribution in [0.1, 0.15) is 33.1 Å². The van der Waals surface area contributed by atoms with Crippen molar-refractivity contribution in [2.24, 2.45) is 11.3 Å². The molecule has 1 aliphatic rings. The number of amides is 1. The van der Waals surface area contributed by atoms with E-state index in [4.69, 9.17) is 5.11 Å². The lowest BCUT2D eigenvalue weighted by Crippen LogP contribution is -2.30. The van der Waals surface area contributed by atoms with Gasteiger partial charge in [-0.15, -0.1) is 0 Å². The maximum Gasteiger partial charge on any atom is 0.226 e. The van der Waals surface area contributed by atoms with Gasteiger partial charge in [-0.05, 0) is 11.8 Å². The average Bonchev–Trinajstić information content (AvgIpc) is 2.40. The Hall–Kier alpha value is -0.570. The fourth-order valence-corrected chi connectivity index (χ4v) is 2.00. The molecule has 0 aromatic rings. The quantitative estimate of drug-likeness (QED) is 0.684. The summed E-state index contributed by atoms with van der Waals surface area (Å²) in [6, 6.07) is 0. The summed E-state index contributed by atoms with van der Waals surface area (Å²) in [6.45, 7) is 4.92. The maximum atomic E-state index is 11.3. The molecule has 76 valence electrons. The Morgan fingerprint density at radius 2 is 2.38 bits per heavy atom. The molecule has 1 saturated heterocycles. The smallest absolute Gasteiger partial charge is 0.226 e. The Labute approximate surface area is 79.5 Å². The van der Waals surface area contributed by atoms with Crippen molar-refractivity contribution in [3.63, 3.8) is 0 Å². The van der Waals surface area contributed by atoms with Crippen LogP contribution in [0.4, 0.5) is 0 Å². The van der Waals surface area contributed by atoms with E-state index in [0.29, 0.717) is 0 Å². The molecule has 13 heavy (non-hydrogen) atoms. The van der Waals surface area contributed by atoms with E-state index in [1.54, 1.807) is 0 Å². The van der Waals surface area contributed by atoms with Crippen LogP contribution in [0.2, 0.25) is 0 Å². The summed E-state index contributed by atoms with van der Waals surface area (Å²) in [6.07, 6.45) is 3.29. The number of hydrogen-bond donors (Lipinski definition) is 2. The standard InChI is InChI=1S/C10H19NO2/c1-3-4-5-10(2)7-11-9(13)8(10)6-12/h8,12H,3-7H2,1-2H3,(H,11,13). The van der Waals surface area contributed by atoms with E-state index in [9.17, 15) is 4.79 Å². The van der Waals surface area contributed by atoms with Gasteiger partial charge in [0.15, 0.2) is 0 Å². The van der Waals surface area contributed by atoms with E-state index in [-0.39, 0.29) is 23.8 Å². The van der Waals surface area contributed by atoms with Gasteiger partial charge in [0.05, 0.1) is 12.5 Å². The molecule has 2 unspecified atom stereocenters. The molecule has 0 bridgehead atoms. The van der Waals surface area contributed by atoms with Crippen molar-refractivity contribution < 1.29 is 9.90 Å². The van der Waals surface area contributed by atoms with Gasteiger partial charge < -0.3 is 10.4 Å². The number of carbonyl (C=O) groups excluding carboxylic acids is 1. The van der Waals surface area contributed by atoms with Crippen molar-refractivity contribution in [2.45, 2.75) is 33.1 Å². The van der Waals surface area contributed by atoms with Crippen molar-refractivity contribution in [3.8, 4) is 0 Å². The molecule has 0 aliphatic carbocycles. The lowest BCUT2D eigenvalue weighted by atomic mass is 9.76. The lowest BCUT2D eigenvalue weighted by Gasteiger charge is -2.27. The molecule has 0 radical (unpaired) electrons. The second-order valence-electron chi connectivity index (χ2n) is 4.21. The summed E-state index contributed by atoms with van der Waals surface area (Å²) in [5, 5.41) is 11.9. The highest BCUT2D eigenvalue weighted by Crippen LogP contribution is 2.36. The molecule has 1 fully saturated rings. The van der Waals surface area contributed by atoms with Crippen molar-refractivity contribution in [3.05, 3.63) is 0 Å². The highest BCUT2D eigenvalue weighted by Gasteiger charge is 2.43. The number of aliphatic hydroxyl groups is 1. The highest BCUT2D eigenvalue weighted by atomic mass is 16.3. The molecule has 0 aromatic carbocycles. The SMILES string of the molecule is CCCCC1(C)CNC(=O)C1CO. The molecule has 0 spiro atoms. The number of carbonyl (C=O) groups is 1. The number of aliphatic hydroxyl groups excluding tert-OH is 1. The third-order valence-corrected chi connectivity index (χ3v) is 3.11. The zero-order valence-electron chi connectivity index (χ0n) is 8.47. The zero-order valence-corrected chi connectivity index (χ0v) is 8.47. The van der Waals surface area contributed by atoms with Crippen LogP contribution in [0, 0.1) is 11.3 Å². The van der Waals surface area contributed by atoms with Crippen molar-refractivity contribution >= 4 is 5.91 Å². The van der Waals surface area contributed by atoms with Gasteiger partial charge >= 0.3 is 0 Å². The van der Waals surface area contributed by atoms with E-state index in [0.717, 1.165) is 25.8 Å². The summed E-state index contributed by atoms with van der Waals surface area (Å²) in [7, 11) is 0. The Kier molecular flexibility index (Phi) is 3.31. The first kappa shape index (κ1) is 10.5. The maximum absolute atomic E-state index is 11.3. The fraction of sp³-hybridized carbons (Fsp3) is 0.900. The molecule has 3 heteroatoms. The minimum absolute atomic E-state index is 0.0149. The van der Waals surface area contributed by atoms with Gasteiger partial charge in [0, 0.05) is 6.54 Å². The van der Waals surface area contributed by atoms with Gasteiger partial charge in [-0.3, -0.25) is 4.79 Å². The van der Waals surface area contributed by atoms with Gasteiger partial charge in [-0.25, -0.2) is 0 Å². The summed E-state index contributed by atoms with van der Waals surface area (Å²) in [5.41, 5.74) is -0.0259. The molecule has 2 N–H and O–H groups in total. The third-order valence-electron chi connectivity index (χ3n) is 3.11. The van der Waals surface area contributed by atoms with E-state index in [2.05, 4.69) is 19.2 Å². The summed E-state index contributed by atoms with van der Waals surface area (Å²) in [4.78, 5) is 11.3. The van der Waals surface area contributed by atoms with Crippen LogP contribution in [-0.2, 0) is 4.79 Å². The van der Waals surface area contributed by atoms with Crippen LogP contribution >= 0.6 is 0 Å². The first-order chi connectivity index (χ1) is 6.14. The Balaban J connectivity index is 2.60. The fourth-order valence-electron chi connectivity index (χ4n) is 2.00. The van der Waals surface area contributed by atoms with E-state index >= 15 is 0 Å². The third kappa shape index (κ3) is 2.02. The average molecular weight is 185 g/mol. The molecular weight excluding hydrogens is 166 g/mol. The number of hydrogen-bond acceptors (Lipinski definition) is 2. The van der Waals surface area contributed by atoms with E-state index in [1.807, 2.05) is 0 Å². The normalized spacial score (nSPS) is 33.5. The van der Waals surface area contributed by atoms with Gasteiger partial charge in [0.25, 0.3) is 0 Å². The number of unbranched alkanes of at least 4 members (excludes halogenated alkanes) is 1. The second-order valence-corrected chi connectivity index (χ2v) is 4.21.